The molecule has 0 heterocycles. The first-order chi connectivity index (χ1) is 12.8. The molecule has 0 radical (unpaired) electrons. The lowest BCUT2D eigenvalue weighted by atomic mass is 10.0. The molecule has 27 heavy (non-hydrogen) atoms. The molecule has 0 saturated carbocycles. The highest BCUT2D eigenvalue weighted by atomic mass is 16.6. The summed E-state index contributed by atoms with van der Waals surface area (Å²) in [7, 11) is 0. The number of nitrogens with two attached hydrogens (primary N) is 1. The van der Waals surface area contributed by atoms with Crippen molar-refractivity contribution in [3.05, 3.63) is 12.2 Å². The number of ether oxygens (including phenoxy) is 1. The van der Waals surface area contributed by atoms with E-state index in [1.54, 1.807) is 26.8 Å². The Balaban J connectivity index is 3.70. The van der Waals surface area contributed by atoms with Gasteiger partial charge in [-0.15, -0.1) is 0 Å². The highest BCUT2D eigenvalue weighted by Crippen LogP contribution is 2.15. The normalized spacial score (nSPS) is 14.4. The monoisotopic (exact) mass is 383 g/mol. The molecule has 4 heteroatoms. The molecule has 0 fully saturated rings. The molecule has 0 amide bonds. The number of carbonyl (C=O) groups is 1. The van der Waals surface area contributed by atoms with Crippen molar-refractivity contribution >= 4 is 5.97 Å². The van der Waals surface area contributed by atoms with Crippen molar-refractivity contribution in [1.82, 2.24) is 0 Å². The van der Waals surface area contributed by atoms with Crippen LogP contribution < -0.4 is 5.73 Å². The molecule has 0 aromatic rings. The Kier molecular flexibility index (Phi) is 15.6. The predicted octanol–water partition coefficient (Wildman–Crippen LogP) is 5.87. The number of hydrogen-bond acceptors (Lipinski definition) is 4. The van der Waals surface area contributed by atoms with Crippen molar-refractivity contribution in [3.63, 3.8) is 0 Å². The summed E-state index contributed by atoms with van der Waals surface area (Å²) in [6.45, 7) is 7.68. The lowest BCUT2D eigenvalue weighted by molar-refractivity contribution is -0.161. The zero-order valence-electron chi connectivity index (χ0n) is 18.3. The molecule has 0 rings (SSSR count). The molecule has 3 N–H and O–H groups in total. The van der Waals surface area contributed by atoms with Crippen molar-refractivity contribution in [1.29, 1.82) is 0 Å². The molecule has 0 bridgehead atoms. The SMILES string of the molecule is CCCCCCCCCCCCCC/C=C\[C@@H](C(=O)OC(C)(C)C)C(N)O. The molecule has 0 aromatic carbocycles. The van der Waals surface area contributed by atoms with Crippen molar-refractivity contribution in [3.8, 4) is 0 Å². The number of hydrogen-bond donors (Lipinski definition) is 2. The topological polar surface area (TPSA) is 72.5 Å². The van der Waals surface area contributed by atoms with E-state index < -0.39 is 23.7 Å². The van der Waals surface area contributed by atoms with Crippen LogP contribution in [0.5, 0.6) is 0 Å². The van der Waals surface area contributed by atoms with Crippen molar-refractivity contribution < 1.29 is 14.6 Å². The van der Waals surface area contributed by atoms with Gasteiger partial charge in [0.05, 0.1) is 0 Å². The molecule has 4 nitrogen and oxygen atoms in total. The molecule has 0 aliphatic rings. The van der Waals surface area contributed by atoms with Crippen LogP contribution in [0.1, 0.15) is 111 Å². The molecule has 0 saturated heterocycles. The summed E-state index contributed by atoms with van der Waals surface area (Å²) < 4.78 is 5.30. The fraction of sp³-hybridized carbons (Fsp3) is 0.870. The standard InChI is InChI=1S/C23H45NO3/c1-5-6-7-8-9-10-11-12-13-14-15-16-17-18-19-20(21(24)25)22(26)27-23(2,3)4/h18-21,25H,5-17,24H2,1-4H3/b19-18-/t20-,21?/m1/s1. The number of carbonyl (C=O) groups excluding carboxylic acids is 1. The second-order valence-electron chi connectivity index (χ2n) is 8.66. The first-order valence-electron chi connectivity index (χ1n) is 11.1. The van der Waals surface area contributed by atoms with Crippen LogP contribution in [0.15, 0.2) is 12.2 Å². The smallest absolute Gasteiger partial charge is 0.317 e. The number of esters is 1. The van der Waals surface area contributed by atoms with Crippen LogP contribution in [0.4, 0.5) is 0 Å². The predicted molar refractivity (Wildman–Crippen MR) is 114 cm³/mol. The van der Waals surface area contributed by atoms with E-state index >= 15 is 0 Å². The maximum atomic E-state index is 12.1. The Morgan fingerprint density at radius 1 is 0.926 bits per heavy atom. The van der Waals surface area contributed by atoms with E-state index in [2.05, 4.69) is 6.92 Å². The van der Waals surface area contributed by atoms with Gasteiger partial charge in [-0.05, 0) is 33.6 Å². The largest absolute Gasteiger partial charge is 0.459 e. The summed E-state index contributed by atoms with van der Waals surface area (Å²) >= 11 is 0. The minimum atomic E-state index is -1.22. The maximum Gasteiger partial charge on any atom is 0.317 e. The van der Waals surface area contributed by atoms with Gasteiger partial charge in [-0.25, -0.2) is 0 Å². The van der Waals surface area contributed by atoms with Crippen LogP contribution in [-0.2, 0) is 9.53 Å². The van der Waals surface area contributed by atoms with Gasteiger partial charge in [-0.2, -0.15) is 0 Å². The number of rotatable bonds is 16. The Labute approximate surface area is 167 Å². The van der Waals surface area contributed by atoms with E-state index in [1.165, 1.54) is 70.6 Å². The summed E-state index contributed by atoms with van der Waals surface area (Å²) in [5, 5.41) is 9.61. The molecule has 0 spiro atoms. The maximum absolute atomic E-state index is 12.1. The van der Waals surface area contributed by atoms with Crippen LogP contribution in [0.3, 0.4) is 0 Å². The van der Waals surface area contributed by atoms with E-state index in [-0.39, 0.29) is 0 Å². The molecule has 0 aromatic heterocycles. The fourth-order valence-electron chi connectivity index (χ4n) is 3.05. The Hall–Kier alpha value is -0.870. The van der Waals surface area contributed by atoms with E-state index in [0.29, 0.717) is 0 Å². The van der Waals surface area contributed by atoms with E-state index in [9.17, 15) is 9.90 Å². The minimum absolute atomic E-state index is 0.469. The second kappa shape index (κ2) is 16.1. The highest BCUT2D eigenvalue weighted by Gasteiger charge is 2.26. The zero-order valence-corrected chi connectivity index (χ0v) is 18.3. The molecule has 160 valence electrons. The van der Waals surface area contributed by atoms with Gasteiger partial charge < -0.3 is 15.6 Å². The number of aliphatic hydroxyl groups excluding tert-OH is 1. The summed E-state index contributed by atoms with van der Waals surface area (Å²) in [5.41, 5.74) is 4.94. The average Bonchev–Trinajstić information content (AvgIpc) is 2.56. The van der Waals surface area contributed by atoms with Gasteiger partial charge in [-0.1, -0.05) is 89.7 Å². The lowest BCUT2D eigenvalue weighted by Gasteiger charge is -2.23. The van der Waals surface area contributed by atoms with E-state index in [1.807, 2.05) is 6.08 Å². The molecule has 0 aliphatic heterocycles. The molecular formula is C23H45NO3. The van der Waals surface area contributed by atoms with Gasteiger partial charge in [0.15, 0.2) is 0 Å². The summed E-state index contributed by atoms with van der Waals surface area (Å²) in [4.78, 5) is 12.1. The molecule has 1 unspecified atom stereocenters. The van der Waals surface area contributed by atoms with Gasteiger partial charge in [0.25, 0.3) is 0 Å². The fourth-order valence-corrected chi connectivity index (χ4v) is 3.05. The second-order valence-corrected chi connectivity index (χ2v) is 8.66. The third kappa shape index (κ3) is 17.0. The molecular weight excluding hydrogens is 338 g/mol. The van der Waals surface area contributed by atoms with E-state index in [0.717, 1.165) is 12.8 Å². The van der Waals surface area contributed by atoms with Gasteiger partial charge in [0, 0.05) is 0 Å². The van der Waals surface area contributed by atoms with Crippen LogP contribution in [-0.4, -0.2) is 22.9 Å². The first kappa shape index (κ1) is 26.1. The minimum Gasteiger partial charge on any atom is -0.459 e. The Bertz CT molecular complexity index is 386. The van der Waals surface area contributed by atoms with E-state index in [4.69, 9.17) is 10.5 Å². The number of aliphatic hydroxyl groups is 1. The summed E-state index contributed by atoms with van der Waals surface area (Å²) in [6.07, 6.45) is 19.3. The van der Waals surface area contributed by atoms with Crippen LogP contribution in [0, 0.1) is 5.92 Å². The van der Waals surface area contributed by atoms with Gasteiger partial charge in [0.1, 0.15) is 17.7 Å². The number of unbranched alkanes of at least 4 members (excludes halogenated alkanes) is 12. The number of allylic oxidation sites excluding steroid dienone is 1. The quantitative estimate of drug-likeness (QED) is 0.151. The Morgan fingerprint density at radius 3 is 1.78 bits per heavy atom. The zero-order chi connectivity index (χ0) is 20.5. The van der Waals surface area contributed by atoms with Gasteiger partial charge >= 0.3 is 5.97 Å². The summed E-state index contributed by atoms with van der Waals surface area (Å²) in [6, 6.07) is 0. The van der Waals surface area contributed by atoms with Crippen molar-refractivity contribution in [2.45, 2.75) is 123 Å². The van der Waals surface area contributed by atoms with Crippen LogP contribution >= 0.6 is 0 Å². The van der Waals surface area contributed by atoms with Crippen LogP contribution in [0.2, 0.25) is 0 Å². The third-order valence-corrected chi connectivity index (χ3v) is 4.61. The van der Waals surface area contributed by atoms with Crippen molar-refractivity contribution in [2.24, 2.45) is 11.7 Å². The average molecular weight is 384 g/mol. The van der Waals surface area contributed by atoms with Crippen molar-refractivity contribution in [2.75, 3.05) is 0 Å². The lowest BCUT2D eigenvalue weighted by Crippen LogP contribution is -2.38. The molecule has 0 aliphatic carbocycles. The van der Waals surface area contributed by atoms with Crippen LogP contribution in [0.25, 0.3) is 0 Å². The first-order valence-corrected chi connectivity index (χ1v) is 11.1. The summed E-state index contributed by atoms with van der Waals surface area (Å²) in [5.74, 6) is -1.26. The molecule has 2 atom stereocenters. The van der Waals surface area contributed by atoms with Gasteiger partial charge in [-0.3, -0.25) is 4.79 Å². The highest BCUT2D eigenvalue weighted by molar-refractivity contribution is 5.75. The van der Waals surface area contributed by atoms with Gasteiger partial charge in [0.2, 0.25) is 0 Å². The Morgan fingerprint density at radius 2 is 1.37 bits per heavy atom. The third-order valence-electron chi connectivity index (χ3n) is 4.61.